The maximum atomic E-state index is 14.3. The van der Waals surface area contributed by atoms with Gasteiger partial charge < -0.3 is 44.5 Å². The number of carbonyl (C=O) groups is 2. The van der Waals surface area contributed by atoms with E-state index in [0.29, 0.717) is 110 Å². The second-order valence-electron chi connectivity index (χ2n) is 13.6. The summed E-state index contributed by atoms with van der Waals surface area (Å²) in [4.78, 5) is 44.1. The monoisotopic (exact) mass is 747 g/mol. The van der Waals surface area contributed by atoms with E-state index in [0.717, 1.165) is 22.6 Å². The van der Waals surface area contributed by atoms with Crippen LogP contribution in [-0.2, 0) is 28.5 Å². The van der Waals surface area contributed by atoms with Gasteiger partial charge in [-0.25, -0.2) is 9.97 Å². The lowest BCUT2D eigenvalue weighted by molar-refractivity contribution is -0.136. The van der Waals surface area contributed by atoms with Crippen LogP contribution in [0.1, 0.15) is 62.0 Å². The summed E-state index contributed by atoms with van der Waals surface area (Å²) in [5.41, 5.74) is 8.02. The summed E-state index contributed by atoms with van der Waals surface area (Å²) in [6, 6.07) is 7.65. The highest BCUT2D eigenvalue weighted by Crippen LogP contribution is 2.42. The number of carbonyl (C=O) groups excluding carboxylic acids is 2. The average Bonchev–Trinajstić information content (AvgIpc) is 3.44. The molecule has 0 spiro atoms. The summed E-state index contributed by atoms with van der Waals surface area (Å²) in [6.45, 7) is 13.8. The molecule has 0 unspecified atom stereocenters. The molecule has 1 aliphatic heterocycles. The lowest BCUT2D eigenvalue weighted by atomic mass is 9.95. The molecule has 14 nitrogen and oxygen atoms in total. The Bertz CT molecular complexity index is 1380. The van der Waals surface area contributed by atoms with Crippen molar-refractivity contribution in [2.45, 2.75) is 51.2 Å². The number of ether oxygens (including phenoxy) is 4. The quantitative estimate of drug-likeness (QED) is 0.170. The van der Waals surface area contributed by atoms with Gasteiger partial charge in [-0.3, -0.25) is 14.5 Å². The summed E-state index contributed by atoms with van der Waals surface area (Å²) in [6.07, 6.45) is 1.61. The number of aliphatic hydroxyl groups excluding tert-OH is 1. The number of anilines is 1. The Morgan fingerprint density at radius 3 is 2.17 bits per heavy atom. The van der Waals surface area contributed by atoms with Gasteiger partial charge in [0.15, 0.2) is 0 Å². The topological polar surface area (TPSA) is 156 Å². The Kier molecular flexibility index (Phi) is 17.4. The molecule has 2 heterocycles. The molecule has 1 aromatic heterocycles. The standard InChI is InChI=1S/C37H58ClN7O7/c1-27(2)45(11-10-42(4)33(47)25-52-22-21-51-20-19-50-18-17-49-16-9-39)24-31(29-5-7-30(38)8-6-29)37(48)44-14-12-43(13-15-44)36-34-28(3)23-32(46)35(34)40-26-41-36/h5-8,26-28,31-32,46H,9-25,39H2,1-4H3/t28-,31-,32-/m1/s1. The molecule has 0 saturated carbocycles. The first-order valence-electron chi connectivity index (χ1n) is 18.4. The van der Waals surface area contributed by atoms with Gasteiger partial charge in [-0.1, -0.05) is 30.7 Å². The Labute approximate surface area is 313 Å². The predicted molar refractivity (Wildman–Crippen MR) is 200 cm³/mol. The van der Waals surface area contributed by atoms with Gasteiger partial charge in [0.05, 0.1) is 64.0 Å². The van der Waals surface area contributed by atoms with E-state index in [4.69, 9.17) is 36.3 Å². The van der Waals surface area contributed by atoms with E-state index in [1.807, 2.05) is 29.2 Å². The lowest BCUT2D eigenvalue weighted by Gasteiger charge is -2.39. The van der Waals surface area contributed by atoms with Gasteiger partial charge in [-0.2, -0.15) is 0 Å². The Balaban J connectivity index is 1.26. The third kappa shape index (κ3) is 12.3. The number of piperazine rings is 1. The Morgan fingerprint density at radius 2 is 1.56 bits per heavy atom. The zero-order valence-electron chi connectivity index (χ0n) is 31.3. The molecule has 1 aromatic carbocycles. The molecule has 0 bridgehead atoms. The largest absolute Gasteiger partial charge is 0.387 e. The smallest absolute Gasteiger partial charge is 0.248 e. The van der Waals surface area contributed by atoms with E-state index in [1.165, 1.54) is 6.33 Å². The lowest BCUT2D eigenvalue weighted by Crippen LogP contribution is -2.52. The first-order chi connectivity index (χ1) is 25.1. The van der Waals surface area contributed by atoms with Gasteiger partial charge in [-0.05, 0) is 43.9 Å². The summed E-state index contributed by atoms with van der Waals surface area (Å²) >= 11 is 6.24. The number of aromatic nitrogens is 2. The number of nitrogens with zero attached hydrogens (tertiary/aromatic N) is 6. The van der Waals surface area contributed by atoms with Crippen LogP contribution in [0.2, 0.25) is 5.02 Å². The second-order valence-corrected chi connectivity index (χ2v) is 14.1. The van der Waals surface area contributed by atoms with E-state index in [1.54, 1.807) is 11.9 Å². The van der Waals surface area contributed by atoms with Crippen LogP contribution in [0, 0.1) is 0 Å². The predicted octanol–water partition coefficient (Wildman–Crippen LogP) is 2.30. The van der Waals surface area contributed by atoms with Crippen LogP contribution in [0.15, 0.2) is 30.6 Å². The molecule has 1 aliphatic carbocycles. The zero-order chi connectivity index (χ0) is 37.5. The molecule has 290 valence electrons. The normalized spacial score (nSPS) is 17.9. The summed E-state index contributed by atoms with van der Waals surface area (Å²) in [5.74, 6) is 0.566. The number of fused-ring (bicyclic) bond motifs is 1. The number of hydrogen-bond donors (Lipinski definition) is 2. The number of halogens is 1. The minimum atomic E-state index is -0.565. The molecular formula is C37H58ClN7O7. The number of nitrogens with two attached hydrogens (primary N) is 1. The number of rotatable bonds is 22. The van der Waals surface area contributed by atoms with Crippen molar-refractivity contribution in [3.63, 3.8) is 0 Å². The van der Waals surface area contributed by atoms with Crippen LogP contribution >= 0.6 is 11.6 Å². The molecule has 15 heteroatoms. The maximum Gasteiger partial charge on any atom is 0.248 e. The number of hydrogen-bond acceptors (Lipinski definition) is 12. The van der Waals surface area contributed by atoms with Gasteiger partial charge in [-0.15, -0.1) is 0 Å². The molecule has 2 aromatic rings. The van der Waals surface area contributed by atoms with Crippen molar-refractivity contribution >= 4 is 29.2 Å². The number of benzene rings is 1. The molecule has 1 saturated heterocycles. The van der Waals surface area contributed by atoms with Crippen LogP contribution in [0.4, 0.5) is 5.82 Å². The van der Waals surface area contributed by atoms with Crippen molar-refractivity contribution in [1.82, 2.24) is 24.7 Å². The third-order valence-corrected chi connectivity index (χ3v) is 9.89. The van der Waals surface area contributed by atoms with E-state index in [2.05, 4.69) is 40.5 Å². The van der Waals surface area contributed by atoms with E-state index in [9.17, 15) is 14.7 Å². The van der Waals surface area contributed by atoms with Crippen LogP contribution in [0.3, 0.4) is 0 Å². The van der Waals surface area contributed by atoms with Crippen LogP contribution in [0.25, 0.3) is 0 Å². The Hall–Kier alpha value is -2.95. The molecular weight excluding hydrogens is 690 g/mol. The van der Waals surface area contributed by atoms with Crippen LogP contribution in [0.5, 0.6) is 0 Å². The Morgan fingerprint density at radius 1 is 0.942 bits per heavy atom. The van der Waals surface area contributed by atoms with Gasteiger partial charge >= 0.3 is 0 Å². The fourth-order valence-electron chi connectivity index (χ4n) is 6.55. The molecule has 3 N–H and O–H groups in total. The zero-order valence-corrected chi connectivity index (χ0v) is 32.0. The SMILES string of the molecule is CC(C)N(CCN(C)C(=O)COCCOCCOCCOCCN)C[C@@H](C(=O)N1CCN(c2ncnc3c2[C@H](C)C[C@H]3O)CC1)c1ccc(Cl)cc1. The minimum absolute atomic E-state index is 0.0360. The van der Waals surface area contributed by atoms with Crippen molar-refractivity contribution < 1.29 is 33.6 Å². The first-order valence-corrected chi connectivity index (χ1v) is 18.8. The average molecular weight is 748 g/mol. The van der Waals surface area contributed by atoms with Crippen molar-refractivity contribution in [3.8, 4) is 0 Å². The van der Waals surface area contributed by atoms with Crippen molar-refractivity contribution in [3.05, 3.63) is 52.4 Å². The van der Waals surface area contributed by atoms with Crippen LogP contribution < -0.4 is 10.6 Å². The summed E-state index contributed by atoms with van der Waals surface area (Å²) in [7, 11) is 1.77. The van der Waals surface area contributed by atoms with E-state index in [-0.39, 0.29) is 30.4 Å². The number of likely N-dealkylation sites (N-methyl/N-ethyl adjacent to an activating group) is 1. The highest BCUT2D eigenvalue weighted by Gasteiger charge is 2.35. The van der Waals surface area contributed by atoms with Crippen LogP contribution in [-0.4, -0.2) is 160 Å². The first kappa shape index (κ1) is 41.8. The van der Waals surface area contributed by atoms with E-state index >= 15 is 0 Å². The van der Waals surface area contributed by atoms with Crippen molar-refractivity contribution in [2.75, 3.05) is 117 Å². The highest BCUT2D eigenvalue weighted by atomic mass is 35.5. The highest BCUT2D eigenvalue weighted by molar-refractivity contribution is 6.30. The maximum absolute atomic E-state index is 14.3. The van der Waals surface area contributed by atoms with Crippen molar-refractivity contribution in [1.29, 1.82) is 0 Å². The summed E-state index contributed by atoms with van der Waals surface area (Å²) < 4.78 is 21.7. The fourth-order valence-corrected chi connectivity index (χ4v) is 6.67. The third-order valence-electron chi connectivity index (χ3n) is 9.64. The van der Waals surface area contributed by atoms with Gasteiger partial charge in [0.25, 0.3) is 0 Å². The van der Waals surface area contributed by atoms with Crippen molar-refractivity contribution in [2.24, 2.45) is 5.73 Å². The molecule has 1 fully saturated rings. The van der Waals surface area contributed by atoms with Gasteiger partial charge in [0.1, 0.15) is 18.8 Å². The molecule has 52 heavy (non-hydrogen) atoms. The molecule has 3 atom stereocenters. The summed E-state index contributed by atoms with van der Waals surface area (Å²) in [5, 5.41) is 11.1. The fraction of sp³-hybridized carbons (Fsp3) is 0.676. The molecule has 2 amide bonds. The molecule has 4 rings (SSSR count). The molecule has 0 radical (unpaired) electrons. The van der Waals surface area contributed by atoms with Gasteiger partial charge in [0, 0.05) is 76.0 Å². The number of aliphatic hydroxyl groups is 1. The number of amides is 2. The molecule has 2 aliphatic rings. The minimum Gasteiger partial charge on any atom is -0.387 e. The second kappa shape index (κ2) is 21.7. The van der Waals surface area contributed by atoms with E-state index < -0.39 is 12.0 Å². The van der Waals surface area contributed by atoms with Gasteiger partial charge in [0.2, 0.25) is 11.8 Å².